The Balaban J connectivity index is 1.97. The molecule has 0 aliphatic heterocycles. The summed E-state index contributed by atoms with van der Waals surface area (Å²) in [5, 5.41) is 8.51. The molecule has 0 bridgehead atoms. The summed E-state index contributed by atoms with van der Waals surface area (Å²) in [5.41, 5.74) is 0. The number of halogens is 2. The molecule has 110 valence electrons. The van der Waals surface area contributed by atoms with Gasteiger partial charge in [-0.3, -0.25) is 4.79 Å². The molecule has 0 radical (unpaired) electrons. The summed E-state index contributed by atoms with van der Waals surface area (Å²) in [7, 11) is 0. The number of carbonyl (C=O) groups is 1. The quantitative estimate of drug-likeness (QED) is 0.842. The minimum Gasteiger partial charge on any atom is -0.493 e. The lowest BCUT2D eigenvalue weighted by atomic mass is 10.3. The zero-order chi connectivity index (χ0) is 15.2. The van der Waals surface area contributed by atoms with Gasteiger partial charge in [-0.1, -0.05) is 15.9 Å². The third-order valence-electron chi connectivity index (χ3n) is 2.53. The van der Waals surface area contributed by atoms with E-state index in [1.807, 2.05) is 0 Å². The SMILES string of the molecule is O=C(O)CCOc1ccc(Oc2ccc(Br)cc2F)cc1. The summed E-state index contributed by atoms with van der Waals surface area (Å²) in [4.78, 5) is 10.4. The van der Waals surface area contributed by atoms with Crippen LogP contribution in [0, 0.1) is 5.82 Å². The highest BCUT2D eigenvalue weighted by Gasteiger charge is 2.06. The Bertz CT molecular complexity index is 628. The van der Waals surface area contributed by atoms with E-state index in [2.05, 4.69) is 15.9 Å². The van der Waals surface area contributed by atoms with Gasteiger partial charge in [0, 0.05) is 4.47 Å². The first-order valence-electron chi connectivity index (χ1n) is 6.12. The fourth-order valence-electron chi connectivity index (χ4n) is 1.55. The van der Waals surface area contributed by atoms with Crippen LogP contribution in [-0.4, -0.2) is 17.7 Å². The van der Waals surface area contributed by atoms with Crippen molar-refractivity contribution < 1.29 is 23.8 Å². The van der Waals surface area contributed by atoms with Gasteiger partial charge in [0.05, 0.1) is 13.0 Å². The normalized spacial score (nSPS) is 10.2. The Morgan fingerprint density at radius 2 is 1.81 bits per heavy atom. The van der Waals surface area contributed by atoms with E-state index in [1.54, 1.807) is 30.3 Å². The van der Waals surface area contributed by atoms with Crippen molar-refractivity contribution in [3.8, 4) is 17.2 Å². The molecule has 4 nitrogen and oxygen atoms in total. The van der Waals surface area contributed by atoms with Gasteiger partial charge in [-0.25, -0.2) is 4.39 Å². The topological polar surface area (TPSA) is 55.8 Å². The highest BCUT2D eigenvalue weighted by Crippen LogP contribution is 2.28. The highest BCUT2D eigenvalue weighted by atomic mass is 79.9. The summed E-state index contributed by atoms with van der Waals surface area (Å²) >= 11 is 3.17. The zero-order valence-electron chi connectivity index (χ0n) is 10.9. The predicted octanol–water partition coefficient (Wildman–Crippen LogP) is 4.23. The lowest BCUT2D eigenvalue weighted by Crippen LogP contribution is -2.04. The second-order valence-electron chi connectivity index (χ2n) is 4.14. The van der Waals surface area contributed by atoms with E-state index in [0.29, 0.717) is 16.0 Å². The molecule has 6 heteroatoms. The largest absolute Gasteiger partial charge is 0.493 e. The van der Waals surface area contributed by atoms with Gasteiger partial charge in [0.15, 0.2) is 11.6 Å². The van der Waals surface area contributed by atoms with Crippen LogP contribution in [0.3, 0.4) is 0 Å². The molecular formula is C15H12BrFO4. The van der Waals surface area contributed by atoms with Crippen molar-refractivity contribution in [3.05, 3.63) is 52.8 Å². The lowest BCUT2D eigenvalue weighted by Gasteiger charge is -2.08. The molecule has 0 saturated heterocycles. The van der Waals surface area contributed by atoms with Crippen molar-refractivity contribution >= 4 is 21.9 Å². The average molecular weight is 355 g/mol. The van der Waals surface area contributed by atoms with Gasteiger partial charge in [-0.2, -0.15) is 0 Å². The van der Waals surface area contributed by atoms with Gasteiger partial charge < -0.3 is 14.6 Å². The molecule has 0 aromatic heterocycles. The Labute approximate surface area is 129 Å². The number of benzene rings is 2. The van der Waals surface area contributed by atoms with Crippen LogP contribution in [0.25, 0.3) is 0 Å². The molecule has 0 fully saturated rings. The van der Waals surface area contributed by atoms with Crippen molar-refractivity contribution in [3.63, 3.8) is 0 Å². The first-order valence-corrected chi connectivity index (χ1v) is 6.91. The molecule has 0 saturated carbocycles. The molecule has 0 amide bonds. The van der Waals surface area contributed by atoms with E-state index >= 15 is 0 Å². The molecule has 2 aromatic carbocycles. The fourth-order valence-corrected chi connectivity index (χ4v) is 1.88. The van der Waals surface area contributed by atoms with Crippen LogP contribution < -0.4 is 9.47 Å². The smallest absolute Gasteiger partial charge is 0.306 e. The van der Waals surface area contributed by atoms with Crippen molar-refractivity contribution in [2.75, 3.05) is 6.61 Å². The van der Waals surface area contributed by atoms with Crippen LogP contribution >= 0.6 is 15.9 Å². The summed E-state index contributed by atoms with van der Waals surface area (Å²) in [6.07, 6.45) is -0.0671. The van der Waals surface area contributed by atoms with Crippen LogP contribution in [0.15, 0.2) is 46.9 Å². The maximum absolute atomic E-state index is 13.6. The van der Waals surface area contributed by atoms with E-state index in [-0.39, 0.29) is 18.8 Å². The summed E-state index contributed by atoms with van der Waals surface area (Å²) in [5.74, 6) is -0.272. The molecule has 0 atom stereocenters. The molecule has 2 aromatic rings. The maximum Gasteiger partial charge on any atom is 0.306 e. The van der Waals surface area contributed by atoms with Crippen molar-refractivity contribution in [2.24, 2.45) is 0 Å². The Kier molecular flexibility index (Phi) is 5.16. The van der Waals surface area contributed by atoms with E-state index in [4.69, 9.17) is 14.6 Å². The van der Waals surface area contributed by atoms with Gasteiger partial charge >= 0.3 is 5.97 Å². The molecule has 0 aliphatic carbocycles. The fraction of sp³-hybridized carbons (Fsp3) is 0.133. The number of aliphatic carboxylic acids is 1. The standard InChI is InChI=1S/C15H12BrFO4/c16-10-1-6-14(13(17)9-10)21-12-4-2-11(3-5-12)20-8-7-15(18)19/h1-6,9H,7-8H2,(H,18,19). The van der Waals surface area contributed by atoms with Crippen molar-refractivity contribution in [1.82, 2.24) is 0 Å². The maximum atomic E-state index is 13.6. The minimum absolute atomic E-state index is 0.0671. The highest BCUT2D eigenvalue weighted by molar-refractivity contribution is 9.10. The summed E-state index contributed by atoms with van der Waals surface area (Å²) in [6.45, 7) is 0.0941. The van der Waals surface area contributed by atoms with E-state index < -0.39 is 11.8 Å². The first-order chi connectivity index (χ1) is 10.0. The average Bonchev–Trinajstić information content (AvgIpc) is 2.43. The van der Waals surface area contributed by atoms with E-state index in [9.17, 15) is 9.18 Å². The predicted molar refractivity (Wildman–Crippen MR) is 78.4 cm³/mol. The third-order valence-corrected chi connectivity index (χ3v) is 3.02. The van der Waals surface area contributed by atoms with Crippen molar-refractivity contribution in [2.45, 2.75) is 6.42 Å². The number of hydrogen-bond acceptors (Lipinski definition) is 3. The first kappa shape index (κ1) is 15.3. The summed E-state index contributed by atoms with van der Waals surface area (Å²) in [6, 6.07) is 11.0. The Morgan fingerprint density at radius 3 is 2.43 bits per heavy atom. The number of hydrogen-bond donors (Lipinski definition) is 1. The van der Waals surface area contributed by atoms with Gasteiger partial charge in [0.25, 0.3) is 0 Å². The second kappa shape index (κ2) is 7.08. The van der Waals surface area contributed by atoms with Crippen LogP contribution in [0.4, 0.5) is 4.39 Å². The lowest BCUT2D eigenvalue weighted by molar-refractivity contribution is -0.137. The summed E-state index contributed by atoms with van der Waals surface area (Å²) < 4.78 is 24.9. The Hall–Kier alpha value is -2.08. The molecule has 0 spiro atoms. The molecule has 0 heterocycles. The number of ether oxygens (including phenoxy) is 2. The van der Waals surface area contributed by atoms with Crippen LogP contribution in [0.1, 0.15) is 6.42 Å². The van der Waals surface area contributed by atoms with Crippen LogP contribution in [0.2, 0.25) is 0 Å². The molecular weight excluding hydrogens is 343 g/mol. The molecule has 0 aliphatic rings. The van der Waals surface area contributed by atoms with Crippen LogP contribution in [-0.2, 0) is 4.79 Å². The zero-order valence-corrected chi connectivity index (χ0v) is 12.5. The molecule has 2 rings (SSSR count). The molecule has 21 heavy (non-hydrogen) atoms. The molecule has 0 unspecified atom stereocenters. The number of carboxylic acids is 1. The second-order valence-corrected chi connectivity index (χ2v) is 5.06. The number of rotatable bonds is 6. The van der Waals surface area contributed by atoms with Crippen molar-refractivity contribution in [1.29, 1.82) is 0 Å². The van der Waals surface area contributed by atoms with E-state index in [0.717, 1.165) is 0 Å². The van der Waals surface area contributed by atoms with Gasteiger partial charge in [-0.15, -0.1) is 0 Å². The van der Waals surface area contributed by atoms with E-state index in [1.165, 1.54) is 12.1 Å². The molecule has 1 N–H and O–H groups in total. The third kappa shape index (κ3) is 4.75. The monoisotopic (exact) mass is 354 g/mol. The van der Waals surface area contributed by atoms with Gasteiger partial charge in [-0.05, 0) is 42.5 Å². The van der Waals surface area contributed by atoms with Crippen LogP contribution in [0.5, 0.6) is 17.2 Å². The Morgan fingerprint density at radius 1 is 1.14 bits per heavy atom. The van der Waals surface area contributed by atoms with Gasteiger partial charge in [0.1, 0.15) is 11.5 Å². The van der Waals surface area contributed by atoms with Gasteiger partial charge in [0.2, 0.25) is 0 Å². The number of carboxylic acid groups (broad SMARTS) is 1. The minimum atomic E-state index is -0.916.